The van der Waals surface area contributed by atoms with E-state index in [9.17, 15) is 14.0 Å². The molecule has 186 valence electrons. The maximum Gasteiger partial charge on any atom is 0.266 e. The predicted octanol–water partition coefficient (Wildman–Crippen LogP) is 4.98. The summed E-state index contributed by atoms with van der Waals surface area (Å²) in [5, 5.41) is 0.457. The number of hydrogen-bond acceptors (Lipinski definition) is 4. The third-order valence-corrected chi connectivity index (χ3v) is 6.63. The van der Waals surface area contributed by atoms with E-state index in [1.807, 2.05) is 56.3 Å². The summed E-state index contributed by atoms with van der Waals surface area (Å²) in [4.78, 5) is 35.8. The van der Waals surface area contributed by atoms with Crippen LogP contribution in [0.15, 0.2) is 82.1 Å². The van der Waals surface area contributed by atoms with Crippen molar-refractivity contribution in [2.24, 2.45) is 0 Å². The molecular formula is C28H28BrFN4O2. The molecule has 0 spiro atoms. The zero-order chi connectivity index (χ0) is 25.8. The first-order valence-electron chi connectivity index (χ1n) is 11.7. The Morgan fingerprint density at radius 2 is 1.67 bits per heavy atom. The average Bonchev–Trinajstić information content (AvgIpc) is 2.86. The van der Waals surface area contributed by atoms with Gasteiger partial charge in [0.15, 0.2) is 0 Å². The fraction of sp³-hybridized carbons (Fsp3) is 0.250. The highest BCUT2D eigenvalue weighted by Gasteiger charge is 2.27. The third kappa shape index (κ3) is 5.71. The molecule has 0 aliphatic carbocycles. The molecule has 1 amide bonds. The number of rotatable bonds is 8. The van der Waals surface area contributed by atoms with E-state index in [4.69, 9.17) is 4.98 Å². The number of benzene rings is 3. The number of aromatic nitrogens is 2. The SMILES string of the molecule is CC(c1nc2ccccc2c(=O)n1-c1ccc(F)cc1)N(CCN(C)C)C(=O)Cc1ccc(Br)cc1. The van der Waals surface area contributed by atoms with Crippen molar-refractivity contribution in [2.45, 2.75) is 19.4 Å². The summed E-state index contributed by atoms with van der Waals surface area (Å²) in [5.41, 5.74) is 1.68. The minimum Gasteiger partial charge on any atom is -0.331 e. The van der Waals surface area contributed by atoms with Gasteiger partial charge in [0.2, 0.25) is 5.91 Å². The molecule has 1 unspecified atom stereocenters. The van der Waals surface area contributed by atoms with E-state index in [0.29, 0.717) is 35.5 Å². The molecule has 0 saturated carbocycles. The molecule has 0 N–H and O–H groups in total. The minimum atomic E-state index is -0.518. The Labute approximate surface area is 218 Å². The van der Waals surface area contributed by atoms with Gasteiger partial charge in [-0.3, -0.25) is 14.2 Å². The molecule has 1 aromatic heterocycles. The highest BCUT2D eigenvalue weighted by Crippen LogP contribution is 2.24. The van der Waals surface area contributed by atoms with Gasteiger partial charge in [-0.25, -0.2) is 9.37 Å². The molecule has 0 saturated heterocycles. The lowest BCUT2D eigenvalue weighted by molar-refractivity contribution is -0.133. The first-order valence-corrected chi connectivity index (χ1v) is 12.5. The molecular weight excluding hydrogens is 523 g/mol. The average molecular weight is 551 g/mol. The molecule has 1 atom stereocenters. The van der Waals surface area contributed by atoms with Crippen molar-refractivity contribution in [1.29, 1.82) is 0 Å². The van der Waals surface area contributed by atoms with Crippen molar-refractivity contribution in [2.75, 3.05) is 27.2 Å². The standard InChI is InChI=1S/C28H28BrFN4O2/c1-19(33(17-16-32(2)3)26(35)18-20-8-10-21(29)11-9-20)27-31-25-7-5-4-6-24(25)28(36)34(27)23-14-12-22(30)13-15-23/h4-15,19H,16-18H2,1-3H3. The number of hydrogen-bond donors (Lipinski definition) is 0. The van der Waals surface area contributed by atoms with Crippen molar-refractivity contribution in [3.63, 3.8) is 0 Å². The Hall–Kier alpha value is -3.36. The van der Waals surface area contributed by atoms with Crippen LogP contribution in [-0.4, -0.2) is 52.4 Å². The molecule has 4 aromatic rings. The number of halogens is 2. The van der Waals surface area contributed by atoms with Gasteiger partial charge < -0.3 is 9.80 Å². The molecule has 0 aliphatic heterocycles. The van der Waals surface area contributed by atoms with Gasteiger partial charge in [-0.1, -0.05) is 40.2 Å². The Morgan fingerprint density at radius 1 is 1.00 bits per heavy atom. The molecule has 6 nitrogen and oxygen atoms in total. The molecule has 8 heteroatoms. The maximum absolute atomic E-state index is 13.7. The fourth-order valence-electron chi connectivity index (χ4n) is 4.13. The molecule has 3 aromatic carbocycles. The molecule has 36 heavy (non-hydrogen) atoms. The number of likely N-dealkylation sites (N-methyl/N-ethyl adjacent to an activating group) is 1. The van der Waals surface area contributed by atoms with Gasteiger partial charge in [-0.05, 0) is 75.1 Å². The van der Waals surface area contributed by atoms with Crippen molar-refractivity contribution in [1.82, 2.24) is 19.4 Å². The first-order chi connectivity index (χ1) is 17.2. The number of fused-ring (bicyclic) bond motifs is 1. The minimum absolute atomic E-state index is 0.0697. The highest BCUT2D eigenvalue weighted by molar-refractivity contribution is 9.10. The van der Waals surface area contributed by atoms with E-state index in [1.165, 1.54) is 16.7 Å². The van der Waals surface area contributed by atoms with Crippen LogP contribution >= 0.6 is 15.9 Å². The molecule has 0 aliphatic rings. The normalized spacial score (nSPS) is 12.2. The maximum atomic E-state index is 13.7. The van der Waals surface area contributed by atoms with Crippen molar-refractivity contribution < 1.29 is 9.18 Å². The van der Waals surface area contributed by atoms with Crippen LogP contribution in [0, 0.1) is 5.82 Å². The number of carbonyl (C=O) groups is 1. The van der Waals surface area contributed by atoms with E-state index >= 15 is 0 Å². The van der Waals surface area contributed by atoms with Gasteiger partial charge in [0.1, 0.15) is 11.6 Å². The summed E-state index contributed by atoms with van der Waals surface area (Å²) >= 11 is 3.43. The lowest BCUT2D eigenvalue weighted by Crippen LogP contribution is -2.41. The number of para-hydroxylation sites is 1. The second-order valence-corrected chi connectivity index (χ2v) is 9.89. The van der Waals surface area contributed by atoms with Crippen LogP contribution in [0.2, 0.25) is 0 Å². The summed E-state index contributed by atoms with van der Waals surface area (Å²) < 4.78 is 16.1. The van der Waals surface area contributed by atoms with Gasteiger partial charge in [0.05, 0.1) is 29.1 Å². The van der Waals surface area contributed by atoms with Gasteiger partial charge >= 0.3 is 0 Å². The third-order valence-electron chi connectivity index (χ3n) is 6.10. The largest absolute Gasteiger partial charge is 0.331 e. The summed E-state index contributed by atoms with van der Waals surface area (Å²) in [6, 6.07) is 20.0. The molecule has 4 rings (SSSR count). The Kier molecular flexibility index (Phi) is 7.96. The number of carbonyl (C=O) groups excluding carboxylic acids is 1. The van der Waals surface area contributed by atoms with E-state index in [0.717, 1.165) is 10.0 Å². The molecule has 0 bridgehead atoms. The summed E-state index contributed by atoms with van der Waals surface area (Å²) in [6.07, 6.45) is 0.222. The Bertz CT molecular complexity index is 1420. The first kappa shape index (κ1) is 25.7. The van der Waals surface area contributed by atoms with E-state index in [-0.39, 0.29) is 17.9 Å². The lowest BCUT2D eigenvalue weighted by Gasteiger charge is -2.31. The smallest absolute Gasteiger partial charge is 0.266 e. The van der Waals surface area contributed by atoms with Crippen LogP contribution in [0.25, 0.3) is 16.6 Å². The van der Waals surface area contributed by atoms with Crippen LogP contribution in [0.5, 0.6) is 0 Å². The van der Waals surface area contributed by atoms with Crippen molar-refractivity contribution >= 4 is 32.7 Å². The molecule has 1 heterocycles. The Balaban J connectivity index is 1.81. The van der Waals surface area contributed by atoms with Crippen LogP contribution in [0.3, 0.4) is 0 Å². The quantitative estimate of drug-likeness (QED) is 0.310. The Morgan fingerprint density at radius 3 is 2.33 bits per heavy atom. The monoisotopic (exact) mass is 550 g/mol. The number of amides is 1. The zero-order valence-corrected chi connectivity index (χ0v) is 22.1. The lowest BCUT2D eigenvalue weighted by atomic mass is 10.1. The van der Waals surface area contributed by atoms with Gasteiger partial charge in [-0.15, -0.1) is 0 Å². The molecule has 0 fully saturated rings. The highest BCUT2D eigenvalue weighted by atomic mass is 79.9. The second-order valence-electron chi connectivity index (χ2n) is 8.97. The van der Waals surface area contributed by atoms with E-state index in [2.05, 4.69) is 15.9 Å². The summed E-state index contributed by atoms with van der Waals surface area (Å²) in [5.74, 6) is -0.0413. The van der Waals surface area contributed by atoms with Gasteiger partial charge in [-0.2, -0.15) is 0 Å². The van der Waals surface area contributed by atoms with Crippen molar-refractivity contribution in [3.05, 3.63) is 105 Å². The van der Waals surface area contributed by atoms with Gasteiger partial charge in [0, 0.05) is 17.6 Å². The van der Waals surface area contributed by atoms with E-state index in [1.54, 1.807) is 35.2 Å². The summed E-state index contributed by atoms with van der Waals surface area (Å²) in [6.45, 7) is 2.98. The number of nitrogens with zero attached hydrogens (tertiary/aromatic N) is 4. The predicted molar refractivity (Wildman–Crippen MR) is 144 cm³/mol. The van der Waals surface area contributed by atoms with Gasteiger partial charge in [0.25, 0.3) is 5.56 Å². The van der Waals surface area contributed by atoms with Crippen LogP contribution in [0.1, 0.15) is 24.4 Å². The second kappa shape index (κ2) is 11.1. The van der Waals surface area contributed by atoms with Crippen molar-refractivity contribution in [3.8, 4) is 5.69 Å². The van der Waals surface area contributed by atoms with Crippen LogP contribution < -0.4 is 5.56 Å². The van der Waals surface area contributed by atoms with E-state index < -0.39 is 11.9 Å². The summed E-state index contributed by atoms with van der Waals surface area (Å²) in [7, 11) is 3.90. The zero-order valence-electron chi connectivity index (χ0n) is 20.5. The van der Waals surface area contributed by atoms with Crippen LogP contribution in [0.4, 0.5) is 4.39 Å². The fourth-order valence-corrected chi connectivity index (χ4v) is 4.39. The van der Waals surface area contributed by atoms with Crippen LogP contribution in [-0.2, 0) is 11.2 Å². The molecule has 0 radical (unpaired) electrons. The topological polar surface area (TPSA) is 58.4 Å².